The summed E-state index contributed by atoms with van der Waals surface area (Å²) in [7, 11) is 0. The molecule has 2 unspecified atom stereocenters. The summed E-state index contributed by atoms with van der Waals surface area (Å²) in [6, 6.07) is 8.74. The van der Waals surface area contributed by atoms with Gasteiger partial charge in [-0.3, -0.25) is 10.1 Å². The number of halogens is 1. The Kier molecular flexibility index (Phi) is 4.99. The van der Waals surface area contributed by atoms with Gasteiger partial charge in [-0.05, 0) is 43.9 Å². The van der Waals surface area contributed by atoms with Crippen molar-refractivity contribution >= 4 is 21.8 Å². The minimum Gasteiger partial charge on any atom is -0.352 e. The van der Waals surface area contributed by atoms with Crippen molar-refractivity contribution in [2.24, 2.45) is 0 Å². The Labute approximate surface area is 123 Å². The van der Waals surface area contributed by atoms with Crippen molar-refractivity contribution < 1.29 is 4.79 Å². The van der Waals surface area contributed by atoms with Crippen molar-refractivity contribution in [1.82, 2.24) is 10.6 Å². The zero-order chi connectivity index (χ0) is 13.8. The first-order valence-electron chi connectivity index (χ1n) is 6.92. The molecular weight excluding hydrogens is 304 g/mol. The Balaban J connectivity index is 1.93. The Hall–Kier alpha value is -0.870. The van der Waals surface area contributed by atoms with Crippen molar-refractivity contribution in [3.05, 3.63) is 34.3 Å². The zero-order valence-electron chi connectivity index (χ0n) is 11.4. The molecule has 2 N–H and O–H groups in total. The van der Waals surface area contributed by atoms with Gasteiger partial charge in [0, 0.05) is 16.6 Å². The van der Waals surface area contributed by atoms with E-state index in [0.717, 1.165) is 23.7 Å². The van der Waals surface area contributed by atoms with Crippen molar-refractivity contribution in [3.63, 3.8) is 0 Å². The Bertz CT molecular complexity index is 428. The monoisotopic (exact) mass is 324 g/mol. The molecule has 104 valence electrons. The van der Waals surface area contributed by atoms with Crippen molar-refractivity contribution in [2.75, 3.05) is 0 Å². The topological polar surface area (TPSA) is 41.1 Å². The third kappa shape index (κ3) is 4.32. The number of hydrogen-bond donors (Lipinski definition) is 2. The number of benzene rings is 1. The molecule has 0 aromatic heterocycles. The first kappa shape index (κ1) is 14.5. The number of amides is 1. The molecule has 0 aliphatic heterocycles. The van der Waals surface area contributed by atoms with Crippen molar-refractivity contribution in [2.45, 2.75) is 51.2 Å². The molecule has 0 bridgehead atoms. The number of nitrogens with one attached hydrogen (secondary N) is 2. The highest BCUT2D eigenvalue weighted by Gasteiger charge is 2.26. The smallest absolute Gasteiger partial charge is 0.237 e. The van der Waals surface area contributed by atoms with Crippen LogP contribution in [-0.2, 0) is 4.79 Å². The molecule has 0 heterocycles. The van der Waals surface area contributed by atoms with Crippen LogP contribution in [0, 0.1) is 0 Å². The lowest BCUT2D eigenvalue weighted by Gasteiger charge is -2.22. The van der Waals surface area contributed by atoms with E-state index < -0.39 is 0 Å². The Morgan fingerprint density at radius 1 is 1.37 bits per heavy atom. The Morgan fingerprint density at radius 3 is 2.53 bits per heavy atom. The normalized spacial score (nSPS) is 17.8. The largest absolute Gasteiger partial charge is 0.352 e. The lowest BCUT2D eigenvalue weighted by atomic mass is 10.0. The first-order chi connectivity index (χ1) is 9.10. The molecule has 0 radical (unpaired) electrons. The SMILES string of the molecule is CCC(NC(C)C(=O)NC1CC1)c1ccc(Br)cc1. The molecule has 4 heteroatoms. The lowest BCUT2D eigenvalue weighted by molar-refractivity contribution is -0.123. The predicted octanol–water partition coefficient (Wildman–Crippen LogP) is 3.16. The van der Waals surface area contributed by atoms with Gasteiger partial charge in [0.25, 0.3) is 0 Å². The third-order valence-corrected chi connectivity index (χ3v) is 3.98. The molecule has 2 rings (SSSR count). The molecule has 19 heavy (non-hydrogen) atoms. The van der Waals surface area contributed by atoms with Crippen LogP contribution in [0.15, 0.2) is 28.7 Å². The average molecular weight is 325 g/mol. The van der Waals surface area contributed by atoms with Gasteiger partial charge in [0.05, 0.1) is 6.04 Å². The lowest BCUT2D eigenvalue weighted by Crippen LogP contribution is -2.44. The molecule has 1 aliphatic carbocycles. The van der Waals surface area contributed by atoms with Crippen LogP contribution in [0.4, 0.5) is 0 Å². The van der Waals surface area contributed by atoms with Crippen LogP contribution >= 0.6 is 15.9 Å². The second-order valence-corrected chi connectivity index (χ2v) is 6.10. The van der Waals surface area contributed by atoms with Gasteiger partial charge in [-0.25, -0.2) is 0 Å². The highest BCUT2D eigenvalue weighted by atomic mass is 79.9. The molecule has 3 nitrogen and oxygen atoms in total. The maximum atomic E-state index is 11.9. The van der Waals surface area contributed by atoms with Crippen LogP contribution in [-0.4, -0.2) is 18.0 Å². The number of carbonyl (C=O) groups excluding carboxylic acids is 1. The summed E-state index contributed by atoms with van der Waals surface area (Å²) in [5.41, 5.74) is 1.22. The van der Waals surface area contributed by atoms with E-state index >= 15 is 0 Å². The van der Waals surface area contributed by atoms with Crippen LogP contribution in [0.1, 0.15) is 44.7 Å². The standard InChI is InChI=1S/C15H21BrN2O/c1-3-14(11-4-6-12(16)7-5-11)17-10(2)15(19)18-13-8-9-13/h4-7,10,13-14,17H,3,8-9H2,1-2H3,(H,18,19). The first-order valence-corrected chi connectivity index (χ1v) is 7.71. The fourth-order valence-electron chi connectivity index (χ4n) is 2.08. The maximum absolute atomic E-state index is 11.9. The molecule has 2 atom stereocenters. The zero-order valence-corrected chi connectivity index (χ0v) is 13.0. The minimum atomic E-state index is -0.158. The summed E-state index contributed by atoms with van der Waals surface area (Å²) >= 11 is 3.44. The number of carbonyl (C=O) groups is 1. The van der Waals surface area contributed by atoms with Crippen LogP contribution in [0.2, 0.25) is 0 Å². The molecule has 1 aromatic carbocycles. The summed E-state index contributed by atoms with van der Waals surface area (Å²) < 4.78 is 1.07. The highest BCUT2D eigenvalue weighted by molar-refractivity contribution is 9.10. The van der Waals surface area contributed by atoms with Crippen LogP contribution in [0.3, 0.4) is 0 Å². The van der Waals surface area contributed by atoms with Crippen molar-refractivity contribution in [3.8, 4) is 0 Å². The van der Waals surface area contributed by atoms with Crippen LogP contribution in [0.5, 0.6) is 0 Å². The molecule has 0 spiro atoms. The molecule has 1 aliphatic rings. The summed E-state index contributed by atoms with van der Waals surface area (Å²) in [5, 5.41) is 6.44. The van der Waals surface area contributed by atoms with Crippen LogP contribution in [0.25, 0.3) is 0 Å². The van der Waals surface area contributed by atoms with Crippen molar-refractivity contribution in [1.29, 1.82) is 0 Å². The highest BCUT2D eigenvalue weighted by Crippen LogP contribution is 2.21. The van der Waals surface area contributed by atoms with E-state index in [1.54, 1.807) is 0 Å². The summed E-state index contributed by atoms with van der Waals surface area (Å²) in [6.45, 7) is 4.06. The van der Waals surface area contributed by atoms with Gasteiger partial charge < -0.3 is 5.32 Å². The number of hydrogen-bond acceptors (Lipinski definition) is 2. The summed E-state index contributed by atoms with van der Waals surface area (Å²) in [4.78, 5) is 11.9. The fourth-order valence-corrected chi connectivity index (χ4v) is 2.34. The van der Waals surface area contributed by atoms with Crippen LogP contribution < -0.4 is 10.6 Å². The molecule has 1 saturated carbocycles. The van der Waals surface area contributed by atoms with E-state index in [2.05, 4.69) is 45.6 Å². The molecule has 1 aromatic rings. The van der Waals surface area contributed by atoms with Gasteiger partial charge >= 0.3 is 0 Å². The van der Waals surface area contributed by atoms with E-state index in [1.165, 1.54) is 5.56 Å². The van der Waals surface area contributed by atoms with E-state index in [4.69, 9.17) is 0 Å². The quantitative estimate of drug-likeness (QED) is 0.843. The molecule has 0 saturated heterocycles. The van der Waals surface area contributed by atoms with Gasteiger partial charge in [0.15, 0.2) is 0 Å². The third-order valence-electron chi connectivity index (χ3n) is 3.45. The number of rotatable bonds is 6. The van der Waals surface area contributed by atoms with E-state index in [-0.39, 0.29) is 18.0 Å². The maximum Gasteiger partial charge on any atom is 0.237 e. The van der Waals surface area contributed by atoms with Gasteiger partial charge in [-0.15, -0.1) is 0 Å². The molecule has 1 fully saturated rings. The van der Waals surface area contributed by atoms with Gasteiger partial charge in [-0.1, -0.05) is 35.0 Å². The van der Waals surface area contributed by atoms with E-state index in [1.807, 2.05) is 19.1 Å². The van der Waals surface area contributed by atoms with Gasteiger partial charge in [0.1, 0.15) is 0 Å². The summed E-state index contributed by atoms with van der Waals surface area (Å²) in [5.74, 6) is 0.109. The summed E-state index contributed by atoms with van der Waals surface area (Å²) in [6.07, 6.45) is 3.22. The van der Waals surface area contributed by atoms with Gasteiger partial charge in [-0.2, -0.15) is 0 Å². The second-order valence-electron chi connectivity index (χ2n) is 5.18. The molecular formula is C15H21BrN2O. The van der Waals surface area contributed by atoms with Gasteiger partial charge in [0.2, 0.25) is 5.91 Å². The second kappa shape index (κ2) is 6.53. The minimum absolute atomic E-state index is 0.109. The fraction of sp³-hybridized carbons (Fsp3) is 0.533. The van der Waals surface area contributed by atoms with E-state index in [9.17, 15) is 4.79 Å². The van der Waals surface area contributed by atoms with E-state index in [0.29, 0.717) is 6.04 Å². The molecule has 1 amide bonds. The average Bonchev–Trinajstić information content (AvgIpc) is 3.20. The predicted molar refractivity (Wildman–Crippen MR) is 80.9 cm³/mol. The Morgan fingerprint density at radius 2 is 2.00 bits per heavy atom.